The number of ether oxygens (including phenoxy) is 8. The van der Waals surface area contributed by atoms with Crippen LogP contribution in [0.4, 0.5) is 22.7 Å². The van der Waals surface area contributed by atoms with E-state index in [1.165, 1.54) is 0 Å². The molecule has 2 aliphatic rings. The van der Waals surface area contributed by atoms with Gasteiger partial charge in [-0.25, -0.2) is 0 Å². The largest absolute Gasteiger partial charge is 0.493 e. The highest BCUT2D eigenvalue weighted by Crippen LogP contribution is 2.37. The highest BCUT2D eigenvalue weighted by Gasteiger charge is 2.11. The van der Waals surface area contributed by atoms with Crippen LogP contribution >= 0.6 is 0 Å². The number of fused-ring (bicyclic) bond motifs is 4. The van der Waals surface area contributed by atoms with E-state index >= 15 is 0 Å². The number of benzene rings is 4. The molecule has 0 aliphatic carbocycles. The molecule has 4 aromatic carbocycles. The Kier molecular flexibility index (Phi) is 11.4. The summed E-state index contributed by atoms with van der Waals surface area (Å²) in [7, 11) is 0. The summed E-state index contributed by atoms with van der Waals surface area (Å²) in [5, 5.41) is 17.6. The van der Waals surface area contributed by atoms with Gasteiger partial charge in [-0.1, -0.05) is 24.3 Å². The molecule has 0 unspecified atom stereocenters. The molecule has 0 bridgehead atoms. The second kappa shape index (κ2) is 16.9. The Morgan fingerprint density at radius 3 is 1.26 bits per heavy atom. The maximum Gasteiger partial charge on any atom is 0.150 e. The quantitative estimate of drug-likeness (QED) is 0.195. The number of hydrogen-bond acceptors (Lipinski definition) is 12. The lowest BCUT2D eigenvalue weighted by molar-refractivity contribution is 0.0767. The Bertz CT molecular complexity index is 1540. The first-order valence-corrected chi connectivity index (χ1v) is 15.5. The standard InChI is InChI=1S/C35H36N4O8/c1-3-8-32-28(6-1)36-38-30-12-10-26(24-34(30)46-22-18-40-16-20-44-32)42-14-5-15-43-27-11-13-31-35(25-27)47-23-19-41-17-21-45-33-9-4-2-7-29(33)37-39-31/h1-4,6-13,24-25H,5,14-23H2. The zero-order valence-corrected chi connectivity index (χ0v) is 25.9. The fourth-order valence-corrected chi connectivity index (χ4v) is 4.59. The first-order valence-electron chi connectivity index (χ1n) is 15.5. The third kappa shape index (κ3) is 9.41. The number of nitrogens with zero attached hydrogens (tertiary/aromatic N) is 4. The van der Waals surface area contributed by atoms with E-state index in [1.54, 1.807) is 0 Å². The van der Waals surface area contributed by atoms with Crippen LogP contribution in [0, 0.1) is 0 Å². The van der Waals surface area contributed by atoms with Gasteiger partial charge >= 0.3 is 0 Å². The average Bonchev–Trinajstić information content (AvgIpc) is 3.13. The summed E-state index contributed by atoms with van der Waals surface area (Å²) in [4.78, 5) is 0. The van der Waals surface area contributed by atoms with Gasteiger partial charge in [0.05, 0.1) is 39.6 Å². The summed E-state index contributed by atoms with van der Waals surface area (Å²) in [6.45, 7) is 4.11. The van der Waals surface area contributed by atoms with Crippen molar-refractivity contribution in [3.63, 3.8) is 0 Å². The smallest absolute Gasteiger partial charge is 0.150 e. The van der Waals surface area contributed by atoms with Gasteiger partial charge in [0, 0.05) is 18.6 Å². The van der Waals surface area contributed by atoms with Crippen molar-refractivity contribution in [2.24, 2.45) is 20.5 Å². The number of azo groups is 2. The fraction of sp³-hybridized carbons (Fsp3) is 0.314. The van der Waals surface area contributed by atoms with Gasteiger partial charge in [0.1, 0.15) is 72.2 Å². The molecule has 0 fully saturated rings. The van der Waals surface area contributed by atoms with Crippen LogP contribution in [0.25, 0.3) is 0 Å². The summed E-state index contributed by atoms with van der Waals surface area (Å²) in [6.07, 6.45) is 0.643. The van der Waals surface area contributed by atoms with E-state index < -0.39 is 0 Å². The normalized spacial score (nSPS) is 15.1. The molecule has 2 heterocycles. The monoisotopic (exact) mass is 640 g/mol. The van der Waals surface area contributed by atoms with Crippen molar-refractivity contribution in [2.45, 2.75) is 6.42 Å². The maximum absolute atomic E-state index is 6.01. The number of rotatable bonds is 6. The van der Waals surface area contributed by atoms with Crippen molar-refractivity contribution in [2.75, 3.05) is 66.1 Å². The zero-order chi connectivity index (χ0) is 31.9. The van der Waals surface area contributed by atoms with Gasteiger partial charge < -0.3 is 37.9 Å². The first kappa shape index (κ1) is 31.8. The Hall–Kier alpha value is -5.20. The summed E-state index contributed by atoms with van der Waals surface area (Å²) < 4.78 is 46.8. The summed E-state index contributed by atoms with van der Waals surface area (Å²) in [5.41, 5.74) is 2.40. The van der Waals surface area contributed by atoms with Gasteiger partial charge in [0.15, 0.2) is 11.5 Å². The van der Waals surface area contributed by atoms with Crippen LogP contribution in [-0.4, -0.2) is 66.1 Å². The summed E-state index contributed by atoms with van der Waals surface area (Å²) in [5.74, 6) is 3.69. The van der Waals surface area contributed by atoms with E-state index in [0.717, 1.165) is 0 Å². The molecule has 0 radical (unpaired) electrons. The molecule has 0 spiro atoms. The second-order valence-electron chi connectivity index (χ2n) is 10.3. The molecule has 0 atom stereocenters. The van der Waals surface area contributed by atoms with Crippen LogP contribution in [0.5, 0.6) is 34.5 Å². The molecule has 4 aromatic rings. The van der Waals surface area contributed by atoms with Crippen LogP contribution in [0.1, 0.15) is 6.42 Å². The lowest BCUT2D eigenvalue weighted by atomic mass is 10.2. The van der Waals surface area contributed by atoms with Crippen molar-refractivity contribution in [1.29, 1.82) is 0 Å². The van der Waals surface area contributed by atoms with Crippen molar-refractivity contribution in [3.8, 4) is 34.5 Å². The van der Waals surface area contributed by atoms with Crippen LogP contribution in [0.15, 0.2) is 105 Å². The van der Waals surface area contributed by atoms with Gasteiger partial charge in [0.25, 0.3) is 0 Å². The molecule has 6 rings (SSSR count). The average molecular weight is 641 g/mol. The van der Waals surface area contributed by atoms with Gasteiger partial charge in [-0.05, 0) is 48.5 Å². The minimum atomic E-state index is 0.355. The summed E-state index contributed by atoms with van der Waals surface area (Å²) >= 11 is 0. The van der Waals surface area contributed by atoms with E-state index in [-0.39, 0.29) is 0 Å². The molecule has 12 heteroatoms. The van der Waals surface area contributed by atoms with Crippen molar-refractivity contribution in [1.82, 2.24) is 0 Å². The molecular formula is C35H36N4O8. The Balaban J connectivity index is 1.05. The van der Waals surface area contributed by atoms with Gasteiger partial charge in [-0.15, -0.1) is 20.5 Å². The van der Waals surface area contributed by atoms with Gasteiger partial charge in [-0.2, -0.15) is 0 Å². The predicted molar refractivity (Wildman–Crippen MR) is 173 cm³/mol. The van der Waals surface area contributed by atoms with Crippen LogP contribution in [0.2, 0.25) is 0 Å². The topological polar surface area (TPSA) is 123 Å². The van der Waals surface area contributed by atoms with Crippen LogP contribution < -0.4 is 28.4 Å². The third-order valence-electron chi connectivity index (χ3n) is 6.89. The predicted octanol–water partition coefficient (Wildman–Crippen LogP) is 7.94. The molecule has 0 N–H and O–H groups in total. The lowest BCUT2D eigenvalue weighted by Crippen LogP contribution is -2.12. The third-order valence-corrected chi connectivity index (χ3v) is 6.89. The number of para-hydroxylation sites is 2. The SMILES string of the molecule is c1ccc2c(c1)N=Nc1ccc(OCCCOc3ccc4c(c3)OCCOCCOc3ccccc3N=N4)cc1OCCOCCO2. The summed E-state index contributed by atoms with van der Waals surface area (Å²) in [6, 6.07) is 25.9. The molecule has 244 valence electrons. The zero-order valence-electron chi connectivity index (χ0n) is 25.9. The van der Waals surface area contributed by atoms with Crippen molar-refractivity contribution >= 4 is 22.7 Å². The Morgan fingerprint density at radius 1 is 0.426 bits per heavy atom. The van der Waals surface area contributed by atoms with Crippen LogP contribution in [0.3, 0.4) is 0 Å². The van der Waals surface area contributed by atoms with Crippen molar-refractivity contribution in [3.05, 3.63) is 84.9 Å². The van der Waals surface area contributed by atoms with E-state index in [9.17, 15) is 0 Å². The van der Waals surface area contributed by atoms with Gasteiger partial charge in [0.2, 0.25) is 0 Å². The van der Waals surface area contributed by atoms with E-state index in [1.807, 2.05) is 84.9 Å². The Morgan fingerprint density at radius 2 is 0.809 bits per heavy atom. The number of hydrogen-bond donors (Lipinski definition) is 0. The van der Waals surface area contributed by atoms with E-state index in [2.05, 4.69) is 20.5 Å². The molecule has 2 aliphatic heterocycles. The minimum absolute atomic E-state index is 0.355. The second-order valence-corrected chi connectivity index (χ2v) is 10.3. The highest BCUT2D eigenvalue weighted by molar-refractivity contribution is 5.58. The molecular weight excluding hydrogens is 604 g/mol. The van der Waals surface area contributed by atoms with Crippen LogP contribution in [-0.2, 0) is 9.47 Å². The molecule has 0 saturated heterocycles. The maximum atomic E-state index is 6.01. The molecule has 0 saturated carbocycles. The molecule has 12 nitrogen and oxygen atoms in total. The molecule has 0 amide bonds. The highest BCUT2D eigenvalue weighted by atomic mass is 16.6. The van der Waals surface area contributed by atoms with E-state index in [0.29, 0.717) is 130 Å². The minimum Gasteiger partial charge on any atom is -0.493 e. The fourth-order valence-electron chi connectivity index (χ4n) is 4.59. The van der Waals surface area contributed by atoms with Crippen molar-refractivity contribution < 1.29 is 37.9 Å². The first-order chi connectivity index (χ1) is 23.3. The lowest BCUT2D eigenvalue weighted by Gasteiger charge is -2.13. The van der Waals surface area contributed by atoms with Gasteiger partial charge in [-0.3, -0.25) is 0 Å². The molecule has 47 heavy (non-hydrogen) atoms. The van der Waals surface area contributed by atoms with E-state index in [4.69, 9.17) is 37.9 Å². The molecule has 0 aromatic heterocycles. The Labute approximate surface area is 272 Å².